The second-order valence-electron chi connectivity index (χ2n) is 4.67. The van der Waals surface area contributed by atoms with Crippen molar-refractivity contribution in [3.8, 4) is 6.07 Å². The highest BCUT2D eigenvalue weighted by molar-refractivity contribution is 5.84. The second-order valence-corrected chi connectivity index (χ2v) is 4.67. The van der Waals surface area contributed by atoms with E-state index in [1.807, 2.05) is 30.3 Å². The Hall–Kier alpha value is -2.93. The van der Waals surface area contributed by atoms with Crippen molar-refractivity contribution in [3.05, 3.63) is 71.8 Å². The van der Waals surface area contributed by atoms with Gasteiger partial charge in [0.15, 0.2) is 0 Å². The van der Waals surface area contributed by atoms with Gasteiger partial charge in [0, 0.05) is 24.3 Å². The molecule has 0 aliphatic carbocycles. The van der Waals surface area contributed by atoms with Crippen LogP contribution in [0, 0.1) is 17.1 Å². The maximum absolute atomic E-state index is 13.8. The largest absolute Gasteiger partial charge is 0.379 e. The summed E-state index contributed by atoms with van der Waals surface area (Å²) in [7, 11) is 0. The number of nitrogens with one attached hydrogen (secondary N) is 1. The zero-order valence-corrected chi connectivity index (χ0v) is 11.2. The molecule has 0 amide bonds. The molecule has 1 N–H and O–H groups in total. The predicted molar refractivity (Wildman–Crippen MR) is 80.2 cm³/mol. The summed E-state index contributed by atoms with van der Waals surface area (Å²) in [4.78, 5) is 4.09. The molecule has 3 rings (SSSR count). The van der Waals surface area contributed by atoms with Crippen molar-refractivity contribution in [2.75, 3.05) is 5.32 Å². The minimum absolute atomic E-state index is 0.314. The molecule has 0 saturated carbocycles. The number of benzene rings is 2. The van der Waals surface area contributed by atoms with Gasteiger partial charge in [0.25, 0.3) is 0 Å². The summed E-state index contributed by atoms with van der Waals surface area (Å²) >= 11 is 0. The number of nitriles is 1. The molecule has 102 valence electrons. The molecule has 1 heterocycles. The first-order valence-electron chi connectivity index (χ1n) is 6.53. The van der Waals surface area contributed by atoms with Gasteiger partial charge in [0.2, 0.25) is 0 Å². The molecule has 0 bridgehead atoms. The summed E-state index contributed by atoms with van der Waals surface area (Å²) in [6.45, 7) is 0.504. The Kier molecular flexibility index (Phi) is 3.48. The standard InChI is InChI=1S/C17H12FN3/c18-16-8-12(9-19)4-5-17(16)21-11-14-3-1-2-13-10-20-7-6-15(13)14/h1-8,10,21H,11H2. The van der Waals surface area contributed by atoms with E-state index in [9.17, 15) is 4.39 Å². The van der Waals surface area contributed by atoms with Crippen LogP contribution in [0.1, 0.15) is 11.1 Å². The number of rotatable bonds is 3. The van der Waals surface area contributed by atoms with E-state index < -0.39 is 5.82 Å². The van der Waals surface area contributed by atoms with E-state index in [0.717, 1.165) is 16.3 Å². The van der Waals surface area contributed by atoms with Crippen LogP contribution in [0.25, 0.3) is 10.8 Å². The molecule has 0 radical (unpaired) electrons. The number of hydrogen-bond donors (Lipinski definition) is 1. The lowest BCUT2D eigenvalue weighted by molar-refractivity contribution is 0.629. The van der Waals surface area contributed by atoms with Crippen LogP contribution in [-0.4, -0.2) is 4.98 Å². The average Bonchev–Trinajstić information content (AvgIpc) is 2.53. The number of hydrogen-bond acceptors (Lipinski definition) is 3. The SMILES string of the molecule is N#Cc1ccc(NCc2cccc3cnccc23)c(F)c1. The number of fused-ring (bicyclic) bond motifs is 1. The molecule has 0 unspecified atom stereocenters. The summed E-state index contributed by atoms with van der Waals surface area (Å²) in [6, 6.07) is 14.2. The Morgan fingerprint density at radius 1 is 1.19 bits per heavy atom. The highest BCUT2D eigenvalue weighted by Gasteiger charge is 2.05. The van der Waals surface area contributed by atoms with Gasteiger partial charge in [-0.15, -0.1) is 0 Å². The van der Waals surface area contributed by atoms with Crippen molar-refractivity contribution >= 4 is 16.5 Å². The van der Waals surface area contributed by atoms with Crippen LogP contribution >= 0.6 is 0 Å². The van der Waals surface area contributed by atoms with Gasteiger partial charge in [0.1, 0.15) is 5.82 Å². The zero-order valence-electron chi connectivity index (χ0n) is 11.2. The molecule has 0 aliphatic rings. The molecule has 0 atom stereocenters. The van der Waals surface area contributed by atoms with Crippen LogP contribution in [0.15, 0.2) is 54.9 Å². The van der Waals surface area contributed by atoms with Gasteiger partial charge in [-0.3, -0.25) is 4.98 Å². The fraction of sp³-hybridized carbons (Fsp3) is 0.0588. The Labute approximate surface area is 121 Å². The van der Waals surface area contributed by atoms with Gasteiger partial charge in [-0.1, -0.05) is 18.2 Å². The molecule has 0 saturated heterocycles. The summed E-state index contributed by atoms with van der Waals surface area (Å²) in [5, 5.41) is 13.9. The summed E-state index contributed by atoms with van der Waals surface area (Å²) in [5.41, 5.74) is 1.77. The maximum Gasteiger partial charge on any atom is 0.147 e. The topological polar surface area (TPSA) is 48.7 Å². The molecule has 0 spiro atoms. The predicted octanol–water partition coefficient (Wildman–Crippen LogP) is 3.86. The van der Waals surface area contributed by atoms with Gasteiger partial charge in [0.05, 0.1) is 17.3 Å². The first-order chi connectivity index (χ1) is 10.3. The third-order valence-electron chi connectivity index (χ3n) is 3.34. The molecule has 0 aliphatic heterocycles. The third-order valence-corrected chi connectivity index (χ3v) is 3.34. The number of aromatic nitrogens is 1. The summed E-state index contributed by atoms with van der Waals surface area (Å²) in [6.07, 6.45) is 3.55. The molecular formula is C17H12FN3. The van der Waals surface area contributed by atoms with Gasteiger partial charge in [-0.2, -0.15) is 5.26 Å². The molecule has 2 aromatic carbocycles. The van der Waals surface area contributed by atoms with Crippen molar-refractivity contribution in [2.24, 2.45) is 0 Å². The maximum atomic E-state index is 13.8. The number of halogens is 1. The van der Waals surface area contributed by atoms with E-state index in [4.69, 9.17) is 5.26 Å². The molecule has 1 aromatic heterocycles. The second kappa shape index (κ2) is 5.59. The smallest absolute Gasteiger partial charge is 0.147 e. The minimum Gasteiger partial charge on any atom is -0.379 e. The van der Waals surface area contributed by atoms with Crippen molar-refractivity contribution in [1.29, 1.82) is 5.26 Å². The van der Waals surface area contributed by atoms with Crippen molar-refractivity contribution < 1.29 is 4.39 Å². The number of anilines is 1. The molecule has 0 fully saturated rings. The van der Waals surface area contributed by atoms with E-state index in [-0.39, 0.29) is 0 Å². The van der Waals surface area contributed by atoms with Gasteiger partial charge in [-0.05, 0) is 35.2 Å². The fourth-order valence-corrected chi connectivity index (χ4v) is 2.26. The summed E-state index contributed by atoms with van der Waals surface area (Å²) in [5.74, 6) is -0.420. The Bertz CT molecular complexity index is 832. The van der Waals surface area contributed by atoms with Crippen molar-refractivity contribution in [1.82, 2.24) is 4.98 Å². The number of pyridine rings is 1. The Balaban J connectivity index is 1.86. The first kappa shape index (κ1) is 13.1. The van der Waals surface area contributed by atoms with E-state index in [1.165, 1.54) is 6.07 Å². The van der Waals surface area contributed by atoms with E-state index >= 15 is 0 Å². The zero-order chi connectivity index (χ0) is 14.7. The normalized spacial score (nSPS) is 10.3. The average molecular weight is 277 g/mol. The van der Waals surface area contributed by atoms with Crippen LogP contribution in [0.3, 0.4) is 0 Å². The van der Waals surface area contributed by atoms with Gasteiger partial charge in [-0.25, -0.2) is 4.39 Å². The lowest BCUT2D eigenvalue weighted by Crippen LogP contribution is -2.02. The van der Waals surface area contributed by atoms with Crippen LogP contribution in [0.4, 0.5) is 10.1 Å². The molecule has 21 heavy (non-hydrogen) atoms. The highest BCUT2D eigenvalue weighted by atomic mass is 19.1. The van der Waals surface area contributed by atoms with E-state index in [1.54, 1.807) is 24.5 Å². The Morgan fingerprint density at radius 3 is 2.90 bits per heavy atom. The third kappa shape index (κ3) is 2.67. The van der Waals surface area contributed by atoms with Crippen molar-refractivity contribution in [3.63, 3.8) is 0 Å². The minimum atomic E-state index is -0.420. The first-order valence-corrected chi connectivity index (χ1v) is 6.53. The molecule has 3 nitrogen and oxygen atoms in total. The molecular weight excluding hydrogens is 265 g/mol. The monoisotopic (exact) mass is 277 g/mol. The highest BCUT2D eigenvalue weighted by Crippen LogP contribution is 2.20. The number of nitrogens with zero attached hydrogens (tertiary/aromatic N) is 2. The van der Waals surface area contributed by atoms with Crippen LogP contribution < -0.4 is 5.32 Å². The summed E-state index contributed by atoms with van der Waals surface area (Å²) < 4.78 is 13.8. The van der Waals surface area contributed by atoms with Crippen molar-refractivity contribution in [2.45, 2.75) is 6.54 Å². The van der Waals surface area contributed by atoms with Crippen LogP contribution in [-0.2, 0) is 6.54 Å². The van der Waals surface area contributed by atoms with Crippen LogP contribution in [0.2, 0.25) is 0 Å². The van der Waals surface area contributed by atoms with E-state index in [0.29, 0.717) is 17.8 Å². The fourth-order valence-electron chi connectivity index (χ4n) is 2.26. The Morgan fingerprint density at radius 2 is 2.10 bits per heavy atom. The molecule has 3 aromatic rings. The van der Waals surface area contributed by atoms with Gasteiger partial charge >= 0.3 is 0 Å². The van der Waals surface area contributed by atoms with Crippen LogP contribution in [0.5, 0.6) is 0 Å². The quantitative estimate of drug-likeness (QED) is 0.791. The lowest BCUT2D eigenvalue weighted by atomic mass is 10.1. The van der Waals surface area contributed by atoms with Gasteiger partial charge < -0.3 is 5.32 Å². The molecule has 4 heteroatoms. The van der Waals surface area contributed by atoms with E-state index in [2.05, 4.69) is 10.3 Å². The lowest BCUT2D eigenvalue weighted by Gasteiger charge is -2.10.